The van der Waals surface area contributed by atoms with E-state index in [1.165, 1.54) is 36.2 Å². The molecule has 0 saturated carbocycles. The topological polar surface area (TPSA) is 97.2 Å². The van der Waals surface area contributed by atoms with Crippen LogP contribution in [0.4, 0.5) is 0 Å². The van der Waals surface area contributed by atoms with Gasteiger partial charge in [-0.1, -0.05) is 41.6 Å². The van der Waals surface area contributed by atoms with Crippen LogP contribution in [0.25, 0.3) is 0 Å². The number of hydrogen-bond donors (Lipinski definition) is 1. The lowest BCUT2D eigenvalue weighted by molar-refractivity contribution is -0.120. The first-order valence-corrected chi connectivity index (χ1v) is 11.1. The van der Waals surface area contributed by atoms with Gasteiger partial charge in [-0.05, 0) is 50.6 Å². The first kappa shape index (κ1) is 21.4. The van der Waals surface area contributed by atoms with Gasteiger partial charge in [-0.15, -0.1) is 5.10 Å². The molecule has 152 valence electrons. The van der Waals surface area contributed by atoms with E-state index in [0.29, 0.717) is 15.8 Å². The predicted octanol–water partition coefficient (Wildman–Crippen LogP) is 3.75. The number of nitrogens with one attached hydrogen (secondary N) is 1. The molecule has 7 nitrogen and oxygen atoms in total. The van der Waals surface area contributed by atoms with E-state index in [-0.39, 0.29) is 16.6 Å². The molecule has 0 spiro atoms. The second kappa shape index (κ2) is 8.17. The molecule has 10 heteroatoms. The highest BCUT2D eigenvalue weighted by atomic mass is 35.5. The third kappa shape index (κ3) is 4.98. The summed E-state index contributed by atoms with van der Waals surface area (Å²) in [6.07, 6.45) is 1.36. The lowest BCUT2D eigenvalue weighted by Gasteiger charge is -2.10. The fourth-order valence-corrected chi connectivity index (χ4v) is 4.39. The number of benzene rings is 2. The second-order valence-corrected chi connectivity index (χ2v) is 10.3. The normalized spacial score (nSPS) is 17.7. The number of rotatable bonds is 5. The molecule has 1 N–H and O–H groups in total. The molecular formula is C19H18ClN3O4S2. The standard InChI is InChI=1S/C19H18ClN3O4S2/c1-12-8-9-14(10-15(12)20)29(25,26)27-16-7-5-4-6-13(16)11-21-23-18-22-17(24)19(2,3)28-18/h4-11H,1-3H3,(H,22,23,24)/b21-11+. The number of para-hydroxylation sites is 1. The molecule has 0 unspecified atom stereocenters. The Morgan fingerprint density at radius 1 is 1.21 bits per heavy atom. The number of halogens is 1. The van der Waals surface area contributed by atoms with Crippen LogP contribution >= 0.6 is 23.4 Å². The highest BCUT2D eigenvalue weighted by Crippen LogP contribution is 2.30. The quantitative estimate of drug-likeness (QED) is 0.424. The number of hydrogen-bond acceptors (Lipinski definition) is 7. The summed E-state index contributed by atoms with van der Waals surface area (Å²) in [6.45, 7) is 5.34. The molecule has 1 aliphatic heterocycles. The third-order valence-corrected chi connectivity index (χ3v) is 6.73. The molecule has 0 atom stereocenters. The highest BCUT2D eigenvalue weighted by molar-refractivity contribution is 8.16. The maximum absolute atomic E-state index is 12.6. The van der Waals surface area contributed by atoms with E-state index in [0.717, 1.165) is 5.56 Å². The summed E-state index contributed by atoms with van der Waals surface area (Å²) in [5, 5.41) is 11.3. The molecule has 0 aromatic heterocycles. The van der Waals surface area contributed by atoms with Crippen LogP contribution < -0.4 is 9.50 Å². The van der Waals surface area contributed by atoms with Crippen molar-refractivity contribution in [1.82, 2.24) is 5.32 Å². The molecule has 1 saturated heterocycles. The lowest BCUT2D eigenvalue weighted by atomic mass is 10.2. The average molecular weight is 452 g/mol. The molecule has 1 heterocycles. The van der Waals surface area contributed by atoms with Crippen molar-refractivity contribution in [3.8, 4) is 5.75 Å². The van der Waals surface area contributed by atoms with Gasteiger partial charge >= 0.3 is 10.1 Å². The fraction of sp³-hybridized carbons (Fsp3) is 0.211. The first-order valence-electron chi connectivity index (χ1n) is 8.50. The Kier molecular flexibility index (Phi) is 6.02. The van der Waals surface area contributed by atoms with Crippen molar-refractivity contribution in [2.24, 2.45) is 10.2 Å². The van der Waals surface area contributed by atoms with Gasteiger partial charge in [0.2, 0.25) is 5.91 Å². The van der Waals surface area contributed by atoms with Crippen LogP contribution in [-0.4, -0.2) is 30.5 Å². The number of amides is 1. The zero-order chi connectivity index (χ0) is 21.2. The predicted molar refractivity (Wildman–Crippen MR) is 115 cm³/mol. The summed E-state index contributed by atoms with van der Waals surface area (Å²) in [7, 11) is -4.08. The molecule has 3 rings (SSSR count). The van der Waals surface area contributed by atoms with Gasteiger partial charge in [0.1, 0.15) is 4.90 Å². The number of aryl methyl sites for hydroxylation is 1. The number of thioether (sulfide) groups is 1. The molecular weight excluding hydrogens is 434 g/mol. The second-order valence-electron chi connectivity index (χ2n) is 6.70. The van der Waals surface area contributed by atoms with Crippen molar-refractivity contribution in [2.45, 2.75) is 30.4 Å². The number of amidine groups is 1. The van der Waals surface area contributed by atoms with Gasteiger partial charge in [0.25, 0.3) is 0 Å². The van der Waals surface area contributed by atoms with Crippen LogP contribution in [0.5, 0.6) is 5.75 Å². The van der Waals surface area contributed by atoms with Crippen LogP contribution in [0.3, 0.4) is 0 Å². The Morgan fingerprint density at radius 3 is 2.59 bits per heavy atom. The highest BCUT2D eigenvalue weighted by Gasteiger charge is 2.38. The number of carbonyl (C=O) groups is 1. The molecule has 1 amide bonds. The Morgan fingerprint density at radius 2 is 1.93 bits per heavy atom. The van der Waals surface area contributed by atoms with Crippen molar-refractivity contribution in [1.29, 1.82) is 0 Å². The van der Waals surface area contributed by atoms with Crippen LogP contribution in [-0.2, 0) is 14.9 Å². The molecule has 2 aromatic carbocycles. The van der Waals surface area contributed by atoms with Crippen LogP contribution in [0.1, 0.15) is 25.0 Å². The zero-order valence-electron chi connectivity index (χ0n) is 15.8. The van der Waals surface area contributed by atoms with Crippen molar-refractivity contribution < 1.29 is 17.4 Å². The Bertz CT molecular complexity index is 1130. The van der Waals surface area contributed by atoms with E-state index in [1.807, 2.05) is 0 Å². The molecule has 0 aliphatic carbocycles. The maximum atomic E-state index is 12.6. The monoisotopic (exact) mass is 451 g/mol. The van der Waals surface area contributed by atoms with Crippen LogP contribution in [0, 0.1) is 6.92 Å². The molecule has 1 fully saturated rings. The third-order valence-electron chi connectivity index (χ3n) is 4.01. The minimum absolute atomic E-state index is 0.0487. The van der Waals surface area contributed by atoms with Gasteiger partial charge < -0.3 is 9.50 Å². The lowest BCUT2D eigenvalue weighted by Crippen LogP contribution is -2.30. The van der Waals surface area contributed by atoms with Crippen molar-refractivity contribution in [3.05, 3.63) is 58.6 Å². The van der Waals surface area contributed by atoms with Gasteiger partial charge in [0.05, 0.1) is 11.0 Å². The largest absolute Gasteiger partial charge is 0.378 e. The smallest absolute Gasteiger partial charge is 0.339 e. The van der Waals surface area contributed by atoms with Gasteiger partial charge in [-0.2, -0.15) is 13.5 Å². The van der Waals surface area contributed by atoms with E-state index in [1.54, 1.807) is 45.0 Å². The minimum atomic E-state index is -4.08. The van der Waals surface area contributed by atoms with Gasteiger partial charge in [0.15, 0.2) is 10.9 Å². The van der Waals surface area contributed by atoms with Crippen molar-refractivity contribution in [2.75, 3.05) is 0 Å². The zero-order valence-corrected chi connectivity index (χ0v) is 18.2. The Balaban J connectivity index is 1.82. The summed E-state index contributed by atoms with van der Waals surface area (Å²) < 4.78 is 29.9. The van der Waals surface area contributed by atoms with E-state index in [9.17, 15) is 13.2 Å². The minimum Gasteiger partial charge on any atom is -0.378 e. The van der Waals surface area contributed by atoms with E-state index in [4.69, 9.17) is 15.8 Å². The van der Waals surface area contributed by atoms with Gasteiger partial charge in [-0.3, -0.25) is 4.79 Å². The number of carbonyl (C=O) groups excluding carboxylic acids is 1. The van der Waals surface area contributed by atoms with Crippen LogP contribution in [0.2, 0.25) is 5.02 Å². The average Bonchev–Trinajstić information content (AvgIpc) is 2.90. The Labute approximate surface area is 178 Å². The Hall–Kier alpha value is -2.36. The van der Waals surface area contributed by atoms with E-state index < -0.39 is 14.9 Å². The fourth-order valence-electron chi connectivity index (χ4n) is 2.31. The first-order chi connectivity index (χ1) is 13.6. The molecule has 2 aromatic rings. The summed E-state index contributed by atoms with van der Waals surface area (Å²) >= 11 is 7.29. The molecule has 0 radical (unpaired) electrons. The van der Waals surface area contributed by atoms with Crippen LogP contribution in [0.15, 0.2) is 57.6 Å². The summed E-state index contributed by atoms with van der Waals surface area (Å²) in [5.41, 5.74) is 1.17. The SMILES string of the molecule is Cc1ccc(S(=O)(=O)Oc2ccccc2/C=N/N=C2/NC(=O)C(C)(C)S2)cc1Cl. The van der Waals surface area contributed by atoms with Gasteiger partial charge in [0, 0.05) is 10.6 Å². The van der Waals surface area contributed by atoms with Gasteiger partial charge in [-0.25, -0.2) is 0 Å². The summed E-state index contributed by atoms with van der Waals surface area (Å²) in [5.74, 6) is -0.0559. The van der Waals surface area contributed by atoms with Crippen molar-refractivity contribution in [3.63, 3.8) is 0 Å². The molecule has 1 aliphatic rings. The summed E-state index contributed by atoms with van der Waals surface area (Å²) in [4.78, 5) is 11.7. The summed E-state index contributed by atoms with van der Waals surface area (Å²) in [6, 6.07) is 10.9. The molecule has 29 heavy (non-hydrogen) atoms. The van der Waals surface area contributed by atoms with Crippen molar-refractivity contribution >= 4 is 50.8 Å². The van der Waals surface area contributed by atoms with E-state index in [2.05, 4.69) is 15.5 Å². The molecule has 0 bridgehead atoms. The van der Waals surface area contributed by atoms with E-state index >= 15 is 0 Å². The maximum Gasteiger partial charge on any atom is 0.339 e. The number of nitrogens with zero attached hydrogens (tertiary/aromatic N) is 2.